The molecule has 0 spiro atoms. The van der Waals surface area contributed by atoms with E-state index in [9.17, 15) is 9.18 Å². The average Bonchev–Trinajstić information content (AvgIpc) is 3.03. The molecule has 1 heterocycles. The van der Waals surface area contributed by atoms with Crippen LogP contribution in [0.3, 0.4) is 0 Å². The molecule has 21 heavy (non-hydrogen) atoms. The molecule has 1 saturated heterocycles. The van der Waals surface area contributed by atoms with Gasteiger partial charge in [0.25, 0.3) is 0 Å². The van der Waals surface area contributed by atoms with Crippen molar-refractivity contribution in [1.82, 2.24) is 4.90 Å². The average molecular weight is 293 g/mol. The van der Waals surface area contributed by atoms with E-state index in [1.807, 2.05) is 13.8 Å². The fourth-order valence-corrected chi connectivity index (χ4v) is 3.36. The summed E-state index contributed by atoms with van der Waals surface area (Å²) in [7, 11) is 1.49. The lowest BCUT2D eigenvalue weighted by Crippen LogP contribution is -2.53. The molecule has 4 heteroatoms. The van der Waals surface area contributed by atoms with Crippen molar-refractivity contribution < 1.29 is 13.9 Å². The van der Waals surface area contributed by atoms with Gasteiger partial charge in [-0.2, -0.15) is 0 Å². The molecule has 0 unspecified atom stereocenters. The molecule has 0 radical (unpaired) electrons. The Bertz CT molecular complexity index is 506. The molecule has 0 N–H and O–H groups in total. The molecule has 1 fully saturated rings. The minimum absolute atomic E-state index is 0.102. The quantitative estimate of drug-likeness (QED) is 0.749. The van der Waals surface area contributed by atoms with Crippen LogP contribution in [0.1, 0.15) is 49.9 Å². The third-order valence-electron chi connectivity index (χ3n) is 4.72. The Morgan fingerprint density at radius 1 is 1.29 bits per heavy atom. The first-order valence-corrected chi connectivity index (χ1v) is 7.72. The van der Waals surface area contributed by atoms with E-state index in [0.29, 0.717) is 18.6 Å². The van der Waals surface area contributed by atoms with Gasteiger partial charge >= 0.3 is 0 Å². The van der Waals surface area contributed by atoms with Gasteiger partial charge in [0, 0.05) is 6.07 Å². The molecule has 1 aliphatic heterocycles. The molecule has 0 atom stereocenters. The topological polar surface area (TPSA) is 29.5 Å². The van der Waals surface area contributed by atoms with Gasteiger partial charge in [-0.3, -0.25) is 9.69 Å². The first-order chi connectivity index (χ1) is 10.1. The molecule has 3 nitrogen and oxygen atoms in total. The van der Waals surface area contributed by atoms with Crippen molar-refractivity contribution in [3.05, 3.63) is 29.6 Å². The van der Waals surface area contributed by atoms with Gasteiger partial charge in [-0.25, -0.2) is 4.39 Å². The van der Waals surface area contributed by atoms with Crippen LogP contribution in [0.4, 0.5) is 4.39 Å². The molecule has 2 rings (SSSR count). The number of halogens is 1. The normalized spacial score (nSPS) is 16.2. The number of ether oxygens (including phenoxy) is 1. The van der Waals surface area contributed by atoms with Crippen LogP contribution in [-0.2, 0) is 0 Å². The van der Waals surface area contributed by atoms with Crippen molar-refractivity contribution >= 4 is 5.78 Å². The maximum absolute atomic E-state index is 14.3. The maximum Gasteiger partial charge on any atom is 0.185 e. The fraction of sp³-hybridized carbons (Fsp3) is 0.588. The Balaban J connectivity index is 2.38. The number of hydrogen-bond donors (Lipinski definition) is 0. The molecule has 0 aromatic heterocycles. The largest absolute Gasteiger partial charge is 0.497 e. The number of methoxy groups -OCH3 is 1. The zero-order chi connectivity index (χ0) is 15.5. The first kappa shape index (κ1) is 16.0. The zero-order valence-electron chi connectivity index (χ0n) is 13.1. The number of Topliss-reactive ketones (excluding diaryl/α,β-unsaturated/α-hetero) is 1. The van der Waals surface area contributed by atoms with Crippen LogP contribution < -0.4 is 4.74 Å². The smallest absolute Gasteiger partial charge is 0.185 e. The number of rotatable bonds is 6. The Morgan fingerprint density at radius 2 is 1.90 bits per heavy atom. The number of hydrogen-bond acceptors (Lipinski definition) is 3. The van der Waals surface area contributed by atoms with Gasteiger partial charge in [0.2, 0.25) is 0 Å². The molecule has 0 saturated carbocycles. The summed E-state index contributed by atoms with van der Waals surface area (Å²) < 4.78 is 19.3. The number of nitrogens with zero attached hydrogens (tertiary/aromatic N) is 1. The molecular weight excluding hydrogens is 269 g/mol. The summed E-state index contributed by atoms with van der Waals surface area (Å²) in [5.74, 6) is -0.164. The van der Waals surface area contributed by atoms with Crippen molar-refractivity contribution in [3.63, 3.8) is 0 Å². The van der Waals surface area contributed by atoms with E-state index in [1.54, 1.807) is 12.1 Å². The van der Waals surface area contributed by atoms with Crippen LogP contribution in [0, 0.1) is 5.82 Å². The van der Waals surface area contributed by atoms with Crippen LogP contribution >= 0.6 is 0 Å². The third kappa shape index (κ3) is 2.82. The molecule has 1 aromatic carbocycles. The highest BCUT2D eigenvalue weighted by Crippen LogP contribution is 2.33. The van der Waals surface area contributed by atoms with Crippen LogP contribution in [0.2, 0.25) is 0 Å². The monoisotopic (exact) mass is 293 g/mol. The van der Waals surface area contributed by atoms with Gasteiger partial charge < -0.3 is 4.74 Å². The Labute approximate surface area is 126 Å². The van der Waals surface area contributed by atoms with E-state index in [2.05, 4.69) is 4.90 Å². The number of carbonyl (C=O) groups excluding carboxylic acids is 1. The predicted molar refractivity (Wildman–Crippen MR) is 81.4 cm³/mol. The van der Waals surface area contributed by atoms with Gasteiger partial charge in [-0.15, -0.1) is 0 Å². The van der Waals surface area contributed by atoms with Crippen LogP contribution in [0.15, 0.2) is 18.2 Å². The summed E-state index contributed by atoms with van der Waals surface area (Å²) in [5.41, 5.74) is -0.405. The van der Waals surface area contributed by atoms with E-state index < -0.39 is 11.4 Å². The summed E-state index contributed by atoms with van der Waals surface area (Å²) in [4.78, 5) is 15.2. The second-order valence-electron chi connectivity index (χ2n) is 5.61. The second kappa shape index (κ2) is 6.56. The summed E-state index contributed by atoms with van der Waals surface area (Å²) in [6.07, 6.45) is 3.63. The molecule has 1 aliphatic rings. The Morgan fingerprint density at radius 3 is 2.38 bits per heavy atom. The fourth-order valence-electron chi connectivity index (χ4n) is 3.36. The molecule has 0 amide bonds. The van der Waals surface area contributed by atoms with Crippen molar-refractivity contribution in [2.75, 3.05) is 20.2 Å². The zero-order valence-corrected chi connectivity index (χ0v) is 13.1. The lowest BCUT2D eigenvalue weighted by atomic mass is 9.82. The minimum atomic E-state index is -0.577. The van der Waals surface area contributed by atoms with Crippen LogP contribution in [0.25, 0.3) is 0 Å². The summed E-state index contributed by atoms with van der Waals surface area (Å²) in [5, 5.41) is 0. The van der Waals surface area contributed by atoms with Crippen molar-refractivity contribution in [2.45, 2.75) is 45.1 Å². The third-order valence-corrected chi connectivity index (χ3v) is 4.72. The molecular formula is C17H24FNO2. The predicted octanol–water partition coefficient (Wildman–Crippen LogP) is 3.67. The standard InChI is InChI=1S/C17H24FNO2/c1-4-17(5-2,19-10-6-7-11-19)16(20)14-9-8-13(21-3)12-15(14)18/h8-9,12H,4-7,10-11H2,1-3H3. The highest BCUT2D eigenvalue weighted by Gasteiger charge is 2.42. The first-order valence-electron chi connectivity index (χ1n) is 7.72. The van der Waals surface area contributed by atoms with Gasteiger partial charge in [-0.05, 0) is 50.9 Å². The SMILES string of the molecule is CCC(CC)(C(=O)c1ccc(OC)cc1F)N1CCCC1. The van der Waals surface area contributed by atoms with E-state index in [4.69, 9.17) is 4.74 Å². The highest BCUT2D eigenvalue weighted by atomic mass is 19.1. The van der Waals surface area contributed by atoms with Crippen molar-refractivity contribution in [3.8, 4) is 5.75 Å². The van der Waals surface area contributed by atoms with Gasteiger partial charge in [0.1, 0.15) is 11.6 Å². The molecule has 1 aromatic rings. The summed E-state index contributed by atoms with van der Waals surface area (Å²) in [6.45, 7) is 5.87. The van der Waals surface area contributed by atoms with Crippen LogP contribution in [-0.4, -0.2) is 36.4 Å². The van der Waals surface area contributed by atoms with Gasteiger partial charge in [0.05, 0.1) is 18.2 Å². The molecule has 116 valence electrons. The minimum Gasteiger partial charge on any atom is -0.497 e. The highest BCUT2D eigenvalue weighted by molar-refractivity contribution is 6.03. The molecule has 0 aliphatic carbocycles. The van der Waals surface area contributed by atoms with E-state index in [-0.39, 0.29) is 11.3 Å². The van der Waals surface area contributed by atoms with Gasteiger partial charge in [0.15, 0.2) is 5.78 Å². The van der Waals surface area contributed by atoms with Crippen molar-refractivity contribution in [2.24, 2.45) is 0 Å². The van der Waals surface area contributed by atoms with Gasteiger partial charge in [-0.1, -0.05) is 13.8 Å². The Kier molecular flexibility index (Phi) is 4.99. The van der Waals surface area contributed by atoms with E-state index in [0.717, 1.165) is 25.9 Å². The lowest BCUT2D eigenvalue weighted by Gasteiger charge is -2.39. The Hall–Kier alpha value is -1.42. The maximum atomic E-state index is 14.3. The number of carbonyl (C=O) groups is 1. The van der Waals surface area contributed by atoms with Crippen LogP contribution in [0.5, 0.6) is 5.75 Å². The number of benzene rings is 1. The number of likely N-dealkylation sites (tertiary alicyclic amines) is 1. The number of ketones is 1. The second-order valence-corrected chi connectivity index (χ2v) is 5.61. The summed E-state index contributed by atoms with van der Waals surface area (Å²) >= 11 is 0. The molecule has 0 bridgehead atoms. The van der Waals surface area contributed by atoms with E-state index >= 15 is 0 Å². The summed E-state index contributed by atoms with van der Waals surface area (Å²) in [6, 6.07) is 4.48. The lowest BCUT2D eigenvalue weighted by molar-refractivity contribution is 0.0577. The van der Waals surface area contributed by atoms with Crippen molar-refractivity contribution in [1.29, 1.82) is 0 Å². The van der Waals surface area contributed by atoms with E-state index in [1.165, 1.54) is 13.2 Å².